The average Bonchev–Trinajstić information content (AvgIpc) is 2.05. The molecule has 1 aromatic carbocycles. The zero-order valence-corrected chi connectivity index (χ0v) is 8.21. The lowest BCUT2D eigenvalue weighted by Crippen LogP contribution is -1.92. The van der Waals surface area contributed by atoms with Crippen molar-refractivity contribution in [3.05, 3.63) is 28.2 Å². The summed E-state index contributed by atoms with van der Waals surface area (Å²) >= 11 is 3.34. The lowest BCUT2D eigenvalue weighted by atomic mass is 10.2. The van der Waals surface area contributed by atoms with Crippen molar-refractivity contribution >= 4 is 22.1 Å². The first-order valence-electron chi connectivity index (χ1n) is 3.34. The SMILES string of the molecule is COc1ccc(Br)cc1/C=N\N. The third-order valence-corrected chi connectivity index (χ3v) is 1.90. The Morgan fingerprint density at radius 1 is 1.58 bits per heavy atom. The Morgan fingerprint density at radius 3 is 2.92 bits per heavy atom. The molecule has 0 radical (unpaired) electrons. The lowest BCUT2D eigenvalue weighted by molar-refractivity contribution is 0.414. The van der Waals surface area contributed by atoms with Crippen molar-refractivity contribution in [2.45, 2.75) is 0 Å². The van der Waals surface area contributed by atoms with E-state index < -0.39 is 0 Å². The topological polar surface area (TPSA) is 47.6 Å². The molecule has 0 atom stereocenters. The molecular formula is C8H9BrN2O. The fourth-order valence-electron chi connectivity index (χ4n) is 0.886. The van der Waals surface area contributed by atoms with Crippen LogP contribution in [0.1, 0.15) is 5.56 Å². The van der Waals surface area contributed by atoms with Crippen LogP contribution < -0.4 is 10.6 Å². The Kier molecular flexibility index (Phi) is 3.10. The summed E-state index contributed by atoms with van der Waals surface area (Å²) in [4.78, 5) is 0. The van der Waals surface area contributed by atoms with E-state index in [-0.39, 0.29) is 0 Å². The van der Waals surface area contributed by atoms with Gasteiger partial charge in [0, 0.05) is 10.0 Å². The van der Waals surface area contributed by atoms with Crippen LogP contribution in [-0.4, -0.2) is 13.3 Å². The molecule has 64 valence electrons. The van der Waals surface area contributed by atoms with Gasteiger partial charge in [-0.15, -0.1) is 0 Å². The molecule has 12 heavy (non-hydrogen) atoms. The van der Waals surface area contributed by atoms with Crippen molar-refractivity contribution in [1.82, 2.24) is 0 Å². The highest BCUT2D eigenvalue weighted by Gasteiger charge is 1.99. The molecule has 0 fully saturated rings. The molecule has 1 aromatic rings. The maximum Gasteiger partial charge on any atom is 0.127 e. The van der Waals surface area contributed by atoms with Crippen molar-refractivity contribution in [2.75, 3.05) is 7.11 Å². The van der Waals surface area contributed by atoms with Crippen LogP contribution in [0.3, 0.4) is 0 Å². The van der Waals surface area contributed by atoms with Crippen LogP contribution in [0.4, 0.5) is 0 Å². The van der Waals surface area contributed by atoms with Crippen molar-refractivity contribution < 1.29 is 4.74 Å². The van der Waals surface area contributed by atoms with Crippen LogP contribution in [0.2, 0.25) is 0 Å². The number of methoxy groups -OCH3 is 1. The number of nitrogens with two attached hydrogens (primary N) is 1. The number of hydrogen-bond donors (Lipinski definition) is 1. The van der Waals surface area contributed by atoms with E-state index in [0.717, 1.165) is 15.8 Å². The van der Waals surface area contributed by atoms with Crippen molar-refractivity contribution in [1.29, 1.82) is 0 Å². The zero-order chi connectivity index (χ0) is 8.97. The van der Waals surface area contributed by atoms with Crippen LogP contribution in [-0.2, 0) is 0 Å². The molecule has 0 saturated heterocycles. The first-order chi connectivity index (χ1) is 5.77. The molecule has 0 heterocycles. The van der Waals surface area contributed by atoms with Gasteiger partial charge in [-0.1, -0.05) is 15.9 Å². The van der Waals surface area contributed by atoms with Gasteiger partial charge in [0.25, 0.3) is 0 Å². The lowest BCUT2D eigenvalue weighted by Gasteiger charge is -2.03. The normalized spacial score (nSPS) is 10.5. The number of rotatable bonds is 2. The summed E-state index contributed by atoms with van der Waals surface area (Å²) in [7, 11) is 1.61. The molecule has 4 heteroatoms. The highest BCUT2D eigenvalue weighted by molar-refractivity contribution is 9.10. The molecule has 0 aromatic heterocycles. The summed E-state index contributed by atoms with van der Waals surface area (Å²) in [5, 5.41) is 3.43. The van der Waals surface area contributed by atoms with Gasteiger partial charge in [0.1, 0.15) is 5.75 Å². The van der Waals surface area contributed by atoms with Gasteiger partial charge in [-0.25, -0.2) is 0 Å². The summed E-state index contributed by atoms with van der Waals surface area (Å²) < 4.78 is 6.06. The van der Waals surface area contributed by atoms with Gasteiger partial charge in [0.2, 0.25) is 0 Å². The maximum absolute atomic E-state index is 5.09. The first-order valence-corrected chi connectivity index (χ1v) is 4.14. The molecule has 0 amide bonds. The van der Waals surface area contributed by atoms with Gasteiger partial charge in [-0.3, -0.25) is 0 Å². The molecular weight excluding hydrogens is 220 g/mol. The zero-order valence-electron chi connectivity index (χ0n) is 6.62. The monoisotopic (exact) mass is 228 g/mol. The van der Waals surface area contributed by atoms with E-state index in [2.05, 4.69) is 21.0 Å². The Balaban J connectivity index is 3.12. The quantitative estimate of drug-likeness (QED) is 0.477. The van der Waals surface area contributed by atoms with Crippen LogP contribution in [0.25, 0.3) is 0 Å². The molecule has 0 unspecified atom stereocenters. The second-order valence-electron chi connectivity index (χ2n) is 2.16. The maximum atomic E-state index is 5.09. The fraction of sp³-hybridized carbons (Fsp3) is 0.125. The third kappa shape index (κ3) is 1.98. The van der Waals surface area contributed by atoms with Gasteiger partial charge >= 0.3 is 0 Å². The second kappa shape index (κ2) is 4.11. The molecule has 3 nitrogen and oxygen atoms in total. The van der Waals surface area contributed by atoms with Gasteiger partial charge < -0.3 is 10.6 Å². The van der Waals surface area contributed by atoms with E-state index in [4.69, 9.17) is 10.6 Å². The van der Waals surface area contributed by atoms with Crippen LogP contribution in [0, 0.1) is 0 Å². The number of nitrogens with zero attached hydrogens (tertiary/aromatic N) is 1. The molecule has 0 saturated carbocycles. The molecule has 0 aliphatic carbocycles. The predicted octanol–water partition coefficient (Wildman–Crippen LogP) is 1.75. The minimum absolute atomic E-state index is 0.757. The van der Waals surface area contributed by atoms with Gasteiger partial charge in [0.05, 0.1) is 13.3 Å². The minimum Gasteiger partial charge on any atom is -0.496 e. The van der Waals surface area contributed by atoms with E-state index >= 15 is 0 Å². The van der Waals surface area contributed by atoms with Crippen LogP contribution >= 0.6 is 15.9 Å². The summed E-state index contributed by atoms with van der Waals surface area (Å²) in [6, 6.07) is 5.63. The highest BCUT2D eigenvalue weighted by atomic mass is 79.9. The summed E-state index contributed by atoms with van der Waals surface area (Å²) in [6.45, 7) is 0. The standard InChI is InChI=1S/C8H9BrN2O/c1-12-8-3-2-7(9)4-6(8)5-11-10/h2-5H,10H2,1H3/b11-5-. The van der Waals surface area contributed by atoms with Crippen LogP contribution in [0.15, 0.2) is 27.8 Å². The summed E-state index contributed by atoms with van der Waals surface area (Å²) in [5.74, 6) is 5.79. The average molecular weight is 229 g/mol. The van der Waals surface area contributed by atoms with Crippen molar-refractivity contribution in [3.8, 4) is 5.75 Å². The fourth-order valence-corrected chi connectivity index (χ4v) is 1.27. The van der Waals surface area contributed by atoms with E-state index in [1.54, 1.807) is 13.3 Å². The van der Waals surface area contributed by atoms with E-state index in [0.29, 0.717) is 0 Å². The van der Waals surface area contributed by atoms with E-state index in [1.807, 2.05) is 18.2 Å². The number of hydrogen-bond acceptors (Lipinski definition) is 3. The Hall–Kier alpha value is -1.03. The molecule has 2 N–H and O–H groups in total. The van der Waals surface area contributed by atoms with Crippen molar-refractivity contribution in [2.24, 2.45) is 10.9 Å². The minimum atomic E-state index is 0.757. The number of ether oxygens (including phenoxy) is 1. The number of benzene rings is 1. The number of hydrazone groups is 1. The van der Waals surface area contributed by atoms with Gasteiger partial charge in [0.15, 0.2) is 0 Å². The smallest absolute Gasteiger partial charge is 0.127 e. The Labute approximate surface area is 79.3 Å². The predicted molar refractivity (Wildman–Crippen MR) is 52.5 cm³/mol. The highest BCUT2D eigenvalue weighted by Crippen LogP contribution is 2.20. The molecule has 0 aliphatic rings. The first kappa shape index (κ1) is 9.06. The van der Waals surface area contributed by atoms with Gasteiger partial charge in [-0.2, -0.15) is 5.10 Å². The van der Waals surface area contributed by atoms with Gasteiger partial charge in [-0.05, 0) is 18.2 Å². The molecule has 0 aliphatic heterocycles. The molecule has 0 bridgehead atoms. The largest absolute Gasteiger partial charge is 0.496 e. The van der Waals surface area contributed by atoms with Crippen molar-refractivity contribution in [3.63, 3.8) is 0 Å². The van der Waals surface area contributed by atoms with Crippen LogP contribution in [0.5, 0.6) is 5.75 Å². The molecule has 0 spiro atoms. The Morgan fingerprint density at radius 2 is 2.33 bits per heavy atom. The van der Waals surface area contributed by atoms with E-state index in [1.165, 1.54) is 0 Å². The number of halogens is 1. The summed E-state index contributed by atoms with van der Waals surface area (Å²) in [6.07, 6.45) is 1.55. The molecule has 1 rings (SSSR count). The Bertz CT molecular complexity index is 299. The second-order valence-corrected chi connectivity index (χ2v) is 3.08. The summed E-state index contributed by atoms with van der Waals surface area (Å²) in [5.41, 5.74) is 0.856. The van der Waals surface area contributed by atoms with E-state index in [9.17, 15) is 0 Å². The third-order valence-electron chi connectivity index (χ3n) is 1.41.